The van der Waals surface area contributed by atoms with Crippen LogP contribution in [0.4, 0.5) is 0 Å². The van der Waals surface area contributed by atoms with Gasteiger partial charge in [0.05, 0.1) is 18.1 Å². The van der Waals surface area contributed by atoms with Crippen LogP contribution in [-0.2, 0) is 4.79 Å². The van der Waals surface area contributed by atoms with Crippen molar-refractivity contribution in [2.45, 2.75) is 44.2 Å². The van der Waals surface area contributed by atoms with Gasteiger partial charge in [-0.15, -0.1) is 0 Å². The number of rotatable bonds is 5. The maximum absolute atomic E-state index is 12.5. The number of aliphatic hydroxyl groups is 1. The molecule has 2 fully saturated rings. The molecule has 1 amide bonds. The van der Waals surface area contributed by atoms with Crippen molar-refractivity contribution in [3.8, 4) is 0 Å². The zero-order chi connectivity index (χ0) is 15.4. The van der Waals surface area contributed by atoms with Crippen LogP contribution in [-0.4, -0.2) is 41.7 Å². The van der Waals surface area contributed by atoms with Crippen LogP contribution in [0, 0.1) is 5.92 Å². The largest absolute Gasteiger partial charge is 0.392 e. The summed E-state index contributed by atoms with van der Waals surface area (Å²) in [5.41, 5.74) is 1.15. The number of nitrogens with one attached hydrogen (secondary N) is 1. The van der Waals surface area contributed by atoms with Crippen molar-refractivity contribution in [3.63, 3.8) is 0 Å². The summed E-state index contributed by atoms with van der Waals surface area (Å²) in [4.78, 5) is 14.9. The third-order valence-corrected chi connectivity index (χ3v) is 4.97. The fourth-order valence-electron chi connectivity index (χ4n) is 3.67. The molecule has 1 aliphatic carbocycles. The minimum absolute atomic E-state index is 0.0121. The van der Waals surface area contributed by atoms with Gasteiger partial charge in [0, 0.05) is 6.54 Å². The fourth-order valence-corrected chi connectivity index (χ4v) is 3.67. The highest BCUT2D eigenvalue weighted by Gasteiger charge is 2.33. The molecule has 1 aromatic carbocycles. The number of hydrogen-bond acceptors (Lipinski definition) is 3. The van der Waals surface area contributed by atoms with E-state index >= 15 is 0 Å². The average Bonchev–Trinajstić information content (AvgIpc) is 3.19. The number of carbonyl (C=O) groups is 1. The normalized spacial score (nSPS) is 27.0. The predicted molar refractivity (Wildman–Crippen MR) is 86.3 cm³/mol. The molecule has 4 nitrogen and oxygen atoms in total. The van der Waals surface area contributed by atoms with Gasteiger partial charge in [-0.25, -0.2) is 0 Å². The number of hydrogen-bond donors (Lipinski definition) is 2. The Balaban J connectivity index is 1.68. The Morgan fingerprint density at radius 2 is 1.91 bits per heavy atom. The molecule has 0 spiro atoms. The number of nitrogens with zero attached hydrogens (tertiary/aromatic N) is 1. The second-order valence-corrected chi connectivity index (χ2v) is 6.58. The number of likely N-dealkylation sites (tertiary alicyclic amines) is 1. The monoisotopic (exact) mass is 302 g/mol. The Morgan fingerprint density at radius 1 is 1.18 bits per heavy atom. The number of amides is 1. The van der Waals surface area contributed by atoms with E-state index in [1.807, 2.05) is 18.2 Å². The number of aliphatic hydroxyl groups excluding tert-OH is 1. The Labute approximate surface area is 132 Å². The van der Waals surface area contributed by atoms with Crippen molar-refractivity contribution < 1.29 is 9.90 Å². The molecule has 0 bridgehead atoms. The van der Waals surface area contributed by atoms with Gasteiger partial charge >= 0.3 is 0 Å². The summed E-state index contributed by atoms with van der Waals surface area (Å²) in [6.07, 6.45) is 4.52. The van der Waals surface area contributed by atoms with Gasteiger partial charge in [-0.1, -0.05) is 30.3 Å². The first-order chi connectivity index (χ1) is 10.7. The van der Waals surface area contributed by atoms with Crippen LogP contribution in [0.25, 0.3) is 0 Å². The first-order valence-electron chi connectivity index (χ1n) is 8.50. The van der Waals surface area contributed by atoms with Crippen LogP contribution in [0.2, 0.25) is 0 Å². The molecule has 4 heteroatoms. The molecule has 3 unspecified atom stereocenters. The van der Waals surface area contributed by atoms with E-state index < -0.39 is 6.10 Å². The Kier molecular flexibility index (Phi) is 5.11. The lowest BCUT2D eigenvalue weighted by molar-refractivity contribution is -0.128. The van der Waals surface area contributed by atoms with E-state index in [1.54, 1.807) is 0 Å². The highest BCUT2D eigenvalue weighted by Crippen LogP contribution is 2.27. The van der Waals surface area contributed by atoms with Crippen molar-refractivity contribution in [1.29, 1.82) is 0 Å². The lowest BCUT2D eigenvalue weighted by atomic mass is 10.0. The van der Waals surface area contributed by atoms with Gasteiger partial charge in [-0.05, 0) is 50.8 Å². The van der Waals surface area contributed by atoms with E-state index in [2.05, 4.69) is 22.3 Å². The van der Waals surface area contributed by atoms with Crippen molar-refractivity contribution in [1.82, 2.24) is 10.2 Å². The van der Waals surface area contributed by atoms with Gasteiger partial charge < -0.3 is 15.3 Å². The van der Waals surface area contributed by atoms with Crippen LogP contribution < -0.4 is 5.32 Å². The van der Waals surface area contributed by atoms with Crippen LogP contribution in [0.15, 0.2) is 30.3 Å². The van der Waals surface area contributed by atoms with E-state index in [0.717, 1.165) is 44.5 Å². The molecule has 3 atom stereocenters. The summed E-state index contributed by atoms with van der Waals surface area (Å²) >= 11 is 0. The number of benzene rings is 1. The van der Waals surface area contributed by atoms with Gasteiger partial charge in [0.1, 0.15) is 0 Å². The minimum Gasteiger partial charge on any atom is -0.392 e. The summed E-state index contributed by atoms with van der Waals surface area (Å²) in [5.74, 6) is -0.220. The zero-order valence-corrected chi connectivity index (χ0v) is 13.1. The molecule has 1 saturated carbocycles. The molecule has 1 aromatic rings. The topological polar surface area (TPSA) is 52.6 Å². The van der Waals surface area contributed by atoms with Crippen molar-refractivity contribution >= 4 is 5.91 Å². The van der Waals surface area contributed by atoms with Gasteiger partial charge in [-0.2, -0.15) is 0 Å². The van der Waals surface area contributed by atoms with Crippen molar-refractivity contribution in [2.75, 3.05) is 19.6 Å². The van der Waals surface area contributed by atoms with E-state index in [9.17, 15) is 9.90 Å². The fraction of sp³-hybridized carbons (Fsp3) is 0.611. The zero-order valence-electron chi connectivity index (χ0n) is 13.1. The first kappa shape index (κ1) is 15.5. The molecule has 120 valence electrons. The third-order valence-electron chi connectivity index (χ3n) is 4.97. The molecule has 2 N–H and O–H groups in total. The Hall–Kier alpha value is -1.39. The van der Waals surface area contributed by atoms with Crippen molar-refractivity contribution in [3.05, 3.63) is 35.9 Å². The summed E-state index contributed by atoms with van der Waals surface area (Å²) < 4.78 is 0. The third kappa shape index (κ3) is 3.68. The summed E-state index contributed by atoms with van der Waals surface area (Å²) in [6.45, 7) is 3.09. The lowest BCUT2D eigenvalue weighted by Crippen LogP contribution is -2.41. The predicted octanol–water partition coefficient (Wildman–Crippen LogP) is 2.10. The molecular weight excluding hydrogens is 276 g/mol. The maximum Gasteiger partial charge on any atom is 0.226 e. The molecule has 3 rings (SSSR count). The first-order valence-corrected chi connectivity index (χ1v) is 8.50. The van der Waals surface area contributed by atoms with Gasteiger partial charge in [0.2, 0.25) is 5.91 Å². The second-order valence-electron chi connectivity index (χ2n) is 6.58. The SMILES string of the molecule is O=C(NC(CN1CCCC1)c1ccccc1)C1CCCC1O. The molecule has 1 saturated heterocycles. The standard InChI is InChI=1S/C18H26N2O2/c21-17-10-6-9-15(17)18(22)19-16(13-20-11-4-5-12-20)14-7-2-1-3-8-14/h1-3,7-8,15-17,21H,4-6,9-13H2,(H,19,22). The molecular formula is C18H26N2O2. The van der Waals surface area contributed by atoms with E-state index in [-0.39, 0.29) is 17.9 Å². The average molecular weight is 302 g/mol. The van der Waals surface area contributed by atoms with E-state index in [0.29, 0.717) is 0 Å². The summed E-state index contributed by atoms with van der Waals surface area (Å²) in [7, 11) is 0. The lowest BCUT2D eigenvalue weighted by Gasteiger charge is -2.26. The van der Waals surface area contributed by atoms with Crippen LogP contribution in [0.1, 0.15) is 43.7 Å². The van der Waals surface area contributed by atoms with Crippen molar-refractivity contribution in [2.24, 2.45) is 5.92 Å². The van der Waals surface area contributed by atoms with E-state index in [1.165, 1.54) is 12.8 Å². The second kappa shape index (κ2) is 7.25. The minimum atomic E-state index is -0.469. The molecule has 1 heterocycles. The molecule has 0 radical (unpaired) electrons. The smallest absolute Gasteiger partial charge is 0.226 e. The highest BCUT2D eigenvalue weighted by atomic mass is 16.3. The van der Waals surface area contributed by atoms with Gasteiger partial charge in [-0.3, -0.25) is 4.79 Å². The highest BCUT2D eigenvalue weighted by molar-refractivity contribution is 5.80. The summed E-state index contributed by atoms with van der Waals surface area (Å²) in [5, 5.41) is 13.1. The maximum atomic E-state index is 12.5. The quantitative estimate of drug-likeness (QED) is 0.876. The Bertz CT molecular complexity index is 485. The van der Waals surface area contributed by atoms with Gasteiger partial charge in [0.25, 0.3) is 0 Å². The van der Waals surface area contributed by atoms with Crippen LogP contribution >= 0.6 is 0 Å². The molecule has 0 aromatic heterocycles. The Morgan fingerprint density at radius 3 is 2.55 bits per heavy atom. The van der Waals surface area contributed by atoms with Gasteiger partial charge in [0.15, 0.2) is 0 Å². The van der Waals surface area contributed by atoms with Crippen LogP contribution in [0.3, 0.4) is 0 Å². The number of carbonyl (C=O) groups excluding carboxylic acids is 1. The molecule has 2 aliphatic rings. The summed E-state index contributed by atoms with van der Waals surface area (Å²) in [6, 6.07) is 10.2. The molecule has 1 aliphatic heterocycles. The van der Waals surface area contributed by atoms with Crippen LogP contribution in [0.5, 0.6) is 0 Å². The van der Waals surface area contributed by atoms with E-state index in [4.69, 9.17) is 0 Å². The molecule has 22 heavy (non-hydrogen) atoms.